The van der Waals surface area contributed by atoms with Gasteiger partial charge in [0.05, 0.1) is 18.2 Å². The van der Waals surface area contributed by atoms with Crippen LogP contribution in [0.15, 0.2) is 24.3 Å². The van der Waals surface area contributed by atoms with Gasteiger partial charge in [-0.25, -0.2) is 4.79 Å². The van der Waals surface area contributed by atoms with Crippen LogP contribution in [0.3, 0.4) is 0 Å². The Morgan fingerprint density at radius 1 is 1.17 bits per heavy atom. The Hall–Kier alpha value is -2.15. The predicted octanol–water partition coefficient (Wildman–Crippen LogP) is 1.88. The molecule has 0 aliphatic carbocycles. The molecule has 0 spiro atoms. The van der Waals surface area contributed by atoms with Crippen LogP contribution in [-0.4, -0.2) is 46.7 Å². The van der Waals surface area contributed by atoms with Crippen molar-refractivity contribution in [1.82, 2.24) is 4.90 Å². The van der Waals surface area contributed by atoms with Gasteiger partial charge >= 0.3 is 5.97 Å². The molecule has 1 aliphatic rings. The zero-order valence-electron chi connectivity index (χ0n) is 12.9. The summed E-state index contributed by atoms with van der Waals surface area (Å²) < 4.78 is 4.74. The molecule has 0 saturated heterocycles. The third kappa shape index (κ3) is 3.61. The lowest BCUT2D eigenvalue weighted by molar-refractivity contribution is -0.145. The maximum atomic E-state index is 12.4. The summed E-state index contributed by atoms with van der Waals surface area (Å²) in [6.07, 6.45) is 0.774. The second-order valence-electron chi connectivity index (χ2n) is 5.05. The molecule has 0 aromatic heterocycles. The number of fused-ring (bicyclic) bond motifs is 1. The number of nitrogens with zero attached hydrogens (tertiary/aromatic N) is 1. The van der Waals surface area contributed by atoms with E-state index < -0.39 is 23.8 Å². The Kier molecular flexibility index (Phi) is 5.54. The lowest BCUT2D eigenvalue weighted by Crippen LogP contribution is -2.45. The van der Waals surface area contributed by atoms with Crippen LogP contribution in [0.1, 0.15) is 40.5 Å². The second kappa shape index (κ2) is 7.41. The molecule has 6 nitrogen and oxygen atoms in total. The number of ether oxygens (including phenoxy) is 1. The normalized spacial score (nSPS) is 14.6. The molecule has 1 aromatic rings. The number of amides is 2. The van der Waals surface area contributed by atoms with Gasteiger partial charge in [-0.2, -0.15) is 0 Å². The number of benzene rings is 1. The van der Waals surface area contributed by atoms with Gasteiger partial charge in [0.2, 0.25) is 0 Å². The molecule has 0 fully saturated rings. The molecule has 122 valence electrons. The van der Waals surface area contributed by atoms with Crippen molar-refractivity contribution in [1.29, 1.82) is 0 Å². The van der Waals surface area contributed by atoms with Gasteiger partial charge in [0.1, 0.15) is 6.04 Å². The third-order valence-corrected chi connectivity index (χ3v) is 4.44. The van der Waals surface area contributed by atoms with Gasteiger partial charge < -0.3 is 4.74 Å². The fourth-order valence-electron chi connectivity index (χ4n) is 2.47. The van der Waals surface area contributed by atoms with E-state index in [1.54, 1.807) is 24.3 Å². The van der Waals surface area contributed by atoms with E-state index in [0.29, 0.717) is 23.3 Å². The Labute approximate surface area is 138 Å². The highest BCUT2D eigenvalue weighted by Crippen LogP contribution is 2.26. The van der Waals surface area contributed by atoms with Crippen molar-refractivity contribution < 1.29 is 23.9 Å². The first-order chi connectivity index (χ1) is 11.0. The monoisotopic (exact) mass is 335 g/mol. The highest BCUT2D eigenvalue weighted by molar-refractivity contribution is 8.13. The van der Waals surface area contributed by atoms with E-state index >= 15 is 0 Å². The van der Waals surface area contributed by atoms with Crippen molar-refractivity contribution in [2.75, 3.05) is 12.9 Å². The molecule has 0 saturated carbocycles. The minimum absolute atomic E-state index is 0.0136. The van der Waals surface area contributed by atoms with Gasteiger partial charge in [0, 0.05) is 12.7 Å². The van der Waals surface area contributed by atoms with E-state index in [1.807, 2.05) is 0 Å². The maximum absolute atomic E-state index is 12.4. The van der Waals surface area contributed by atoms with Gasteiger partial charge in [0.15, 0.2) is 5.12 Å². The number of imide groups is 1. The van der Waals surface area contributed by atoms with Crippen LogP contribution in [-0.2, 0) is 14.3 Å². The SMILES string of the molecule is COC(=O)C(CCCSC(C)=O)N1C(=O)c2ccccc2C1=O. The van der Waals surface area contributed by atoms with Crippen LogP contribution in [0.25, 0.3) is 0 Å². The number of esters is 1. The average Bonchev–Trinajstić information content (AvgIpc) is 2.79. The van der Waals surface area contributed by atoms with Crippen LogP contribution < -0.4 is 0 Å². The van der Waals surface area contributed by atoms with Crippen LogP contribution >= 0.6 is 11.8 Å². The van der Waals surface area contributed by atoms with Crippen LogP contribution in [0, 0.1) is 0 Å². The number of hydrogen-bond donors (Lipinski definition) is 0. The highest BCUT2D eigenvalue weighted by Gasteiger charge is 2.42. The molecule has 2 rings (SSSR count). The molecule has 1 atom stereocenters. The summed E-state index contributed by atoms with van der Waals surface area (Å²) in [5.74, 6) is -1.08. The zero-order valence-corrected chi connectivity index (χ0v) is 13.7. The van der Waals surface area contributed by atoms with E-state index in [0.717, 1.165) is 16.7 Å². The third-order valence-electron chi connectivity index (χ3n) is 3.54. The molecule has 7 heteroatoms. The highest BCUT2D eigenvalue weighted by atomic mass is 32.2. The molecule has 1 aromatic carbocycles. The molecule has 0 bridgehead atoms. The van der Waals surface area contributed by atoms with E-state index in [-0.39, 0.29) is 11.5 Å². The van der Waals surface area contributed by atoms with Crippen molar-refractivity contribution in [3.05, 3.63) is 35.4 Å². The van der Waals surface area contributed by atoms with Gasteiger partial charge in [-0.15, -0.1) is 0 Å². The Balaban J connectivity index is 2.17. The van der Waals surface area contributed by atoms with Crippen LogP contribution in [0.2, 0.25) is 0 Å². The summed E-state index contributed by atoms with van der Waals surface area (Å²) >= 11 is 1.14. The first-order valence-electron chi connectivity index (χ1n) is 7.15. The lowest BCUT2D eigenvalue weighted by atomic mass is 10.1. The van der Waals surface area contributed by atoms with Gasteiger partial charge in [0.25, 0.3) is 11.8 Å². The Bertz CT molecular complexity index is 623. The van der Waals surface area contributed by atoms with Crippen LogP contribution in [0.5, 0.6) is 0 Å². The second-order valence-corrected chi connectivity index (χ2v) is 6.32. The smallest absolute Gasteiger partial charge is 0.329 e. The summed E-state index contributed by atoms with van der Waals surface area (Å²) in [6, 6.07) is 5.50. The quantitative estimate of drug-likeness (QED) is 0.449. The van der Waals surface area contributed by atoms with Crippen molar-refractivity contribution in [2.45, 2.75) is 25.8 Å². The molecule has 23 heavy (non-hydrogen) atoms. The number of rotatable bonds is 6. The predicted molar refractivity (Wildman–Crippen MR) is 85.1 cm³/mol. The number of carbonyl (C=O) groups is 4. The summed E-state index contributed by atoms with van der Waals surface area (Å²) in [5.41, 5.74) is 0.592. The van der Waals surface area contributed by atoms with Gasteiger partial charge in [-0.3, -0.25) is 19.3 Å². The molecule has 1 heterocycles. The molecule has 0 N–H and O–H groups in total. The summed E-state index contributed by atoms with van der Waals surface area (Å²) in [4.78, 5) is 48.8. The van der Waals surface area contributed by atoms with Crippen LogP contribution in [0.4, 0.5) is 0 Å². The average molecular weight is 335 g/mol. The molecular weight excluding hydrogens is 318 g/mol. The first kappa shape index (κ1) is 17.2. The first-order valence-corrected chi connectivity index (χ1v) is 8.14. The number of thioether (sulfide) groups is 1. The van der Waals surface area contributed by atoms with E-state index in [4.69, 9.17) is 4.74 Å². The summed E-state index contributed by atoms with van der Waals surface area (Å²) in [6.45, 7) is 1.46. The molecular formula is C16H17NO5S. The van der Waals surface area contributed by atoms with Crippen molar-refractivity contribution in [2.24, 2.45) is 0 Å². The lowest BCUT2D eigenvalue weighted by Gasteiger charge is -2.23. The summed E-state index contributed by atoms with van der Waals surface area (Å²) in [5, 5.41) is -0.0136. The molecule has 2 amide bonds. The fraction of sp³-hybridized carbons (Fsp3) is 0.375. The van der Waals surface area contributed by atoms with E-state index in [9.17, 15) is 19.2 Å². The van der Waals surface area contributed by atoms with Crippen molar-refractivity contribution >= 4 is 34.7 Å². The molecule has 1 aliphatic heterocycles. The van der Waals surface area contributed by atoms with Gasteiger partial charge in [-0.05, 0) is 25.0 Å². The van der Waals surface area contributed by atoms with E-state index in [2.05, 4.69) is 0 Å². The van der Waals surface area contributed by atoms with Crippen molar-refractivity contribution in [3.8, 4) is 0 Å². The van der Waals surface area contributed by atoms with Crippen molar-refractivity contribution in [3.63, 3.8) is 0 Å². The minimum Gasteiger partial charge on any atom is -0.467 e. The molecule has 0 radical (unpaired) electrons. The largest absolute Gasteiger partial charge is 0.467 e. The maximum Gasteiger partial charge on any atom is 0.329 e. The Morgan fingerprint density at radius 3 is 2.22 bits per heavy atom. The topological polar surface area (TPSA) is 80.8 Å². The van der Waals surface area contributed by atoms with E-state index in [1.165, 1.54) is 14.0 Å². The zero-order chi connectivity index (χ0) is 17.0. The minimum atomic E-state index is -0.972. The summed E-state index contributed by atoms with van der Waals surface area (Å²) in [7, 11) is 1.22. The number of hydrogen-bond acceptors (Lipinski definition) is 6. The van der Waals surface area contributed by atoms with Gasteiger partial charge in [-0.1, -0.05) is 23.9 Å². The molecule has 1 unspecified atom stereocenters. The Morgan fingerprint density at radius 2 is 1.74 bits per heavy atom. The number of methoxy groups -OCH3 is 1. The fourth-order valence-corrected chi connectivity index (χ4v) is 3.07. The number of carbonyl (C=O) groups excluding carboxylic acids is 4. The standard InChI is InChI=1S/C16H17NO5S/c1-10(18)23-9-5-8-13(16(21)22-2)17-14(19)11-6-3-4-7-12(11)15(17)20/h3-4,6-7,13H,5,8-9H2,1-2H3.